The number of hydrogen-bond acceptors (Lipinski definition) is 12. The maximum absolute atomic E-state index is 13.4. The van der Waals surface area contributed by atoms with Gasteiger partial charge < -0.3 is 20.9 Å². The Hall–Kier alpha value is -4.04. The topological polar surface area (TPSA) is 147 Å². The number of rotatable bonds is 10. The number of aromatic hydroxyl groups is 1. The van der Waals surface area contributed by atoms with Crippen molar-refractivity contribution >= 4 is 60.3 Å². The fraction of sp³-hybridized carbons (Fsp3) is 0.364. The second-order valence-electron chi connectivity index (χ2n) is 12.0. The second-order valence-corrected chi connectivity index (χ2v) is 15.0. The van der Waals surface area contributed by atoms with Crippen molar-refractivity contribution in [2.45, 2.75) is 49.4 Å². The molecule has 0 amide bonds. The zero-order valence-electron chi connectivity index (χ0n) is 25.7. The first-order valence-corrected chi connectivity index (χ1v) is 18.1. The molecule has 3 aromatic heterocycles. The molecule has 13 heteroatoms. The molecule has 2 aliphatic rings. The first-order chi connectivity index (χ1) is 22.3. The number of likely N-dealkylation sites (tertiary alicyclic amines) is 2. The highest BCUT2D eigenvalue weighted by molar-refractivity contribution is 7.90. The van der Waals surface area contributed by atoms with Crippen LogP contribution >= 0.6 is 11.3 Å². The van der Waals surface area contributed by atoms with Gasteiger partial charge in [0.05, 0.1) is 28.7 Å². The van der Waals surface area contributed by atoms with Crippen LogP contribution in [0.5, 0.6) is 11.6 Å². The van der Waals surface area contributed by atoms with Crippen LogP contribution in [0.15, 0.2) is 52.7 Å². The summed E-state index contributed by atoms with van der Waals surface area (Å²) in [6.07, 6.45) is 4.66. The molecule has 0 radical (unpaired) electrons. The van der Waals surface area contributed by atoms with Crippen LogP contribution in [0.25, 0.3) is 21.9 Å². The summed E-state index contributed by atoms with van der Waals surface area (Å²) < 4.78 is 32.2. The number of thiazole rings is 1. The molecule has 240 valence electrons. The average molecular weight is 660 g/mol. The van der Waals surface area contributed by atoms with Gasteiger partial charge in [-0.2, -0.15) is 0 Å². The lowest BCUT2D eigenvalue weighted by Gasteiger charge is -2.22. The second kappa shape index (κ2) is 12.6. The van der Waals surface area contributed by atoms with E-state index >= 15 is 0 Å². The number of aromatic nitrogens is 3. The van der Waals surface area contributed by atoms with Gasteiger partial charge in [0.1, 0.15) is 27.8 Å². The Kier molecular flexibility index (Phi) is 8.40. The predicted molar refractivity (Wildman–Crippen MR) is 181 cm³/mol. The molecular formula is C33H37N7O4S2. The fourth-order valence-electron chi connectivity index (χ4n) is 6.43. The van der Waals surface area contributed by atoms with Crippen LogP contribution in [-0.4, -0.2) is 71.6 Å². The summed E-state index contributed by atoms with van der Waals surface area (Å²) in [4.78, 5) is 18.6. The maximum atomic E-state index is 13.4. The molecule has 0 spiro atoms. The lowest BCUT2D eigenvalue weighted by atomic mass is 10.0. The summed E-state index contributed by atoms with van der Waals surface area (Å²) in [6, 6.07) is 12.6. The van der Waals surface area contributed by atoms with Crippen molar-refractivity contribution < 1.29 is 18.3 Å². The van der Waals surface area contributed by atoms with Crippen molar-refractivity contribution in [3.05, 3.63) is 64.0 Å². The highest BCUT2D eigenvalue weighted by atomic mass is 32.2. The number of nitrogens with two attached hydrogens (primary N) is 1. The lowest BCUT2D eigenvalue weighted by molar-refractivity contribution is 0.312. The molecule has 46 heavy (non-hydrogen) atoms. The highest BCUT2D eigenvalue weighted by Gasteiger charge is 2.23. The maximum Gasteiger partial charge on any atom is 0.213 e. The van der Waals surface area contributed by atoms with Gasteiger partial charge in [0, 0.05) is 46.7 Å². The zero-order chi connectivity index (χ0) is 31.8. The van der Waals surface area contributed by atoms with E-state index in [-0.39, 0.29) is 10.6 Å². The number of sulfone groups is 1. The van der Waals surface area contributed by atoms with Crippen LogP contribution in [0.4, 0.5) is 17.2 Å². The molecule has 11 nitrogen and oxygen atoms in total. The number of benzene rings is 2. The van der Waals surface area contributed by atoms with Crippen molar-refractivity contribution in [1.82, 2.24) is 24.8 Å². The van der Waals surface area contributed by atoms with Gasteiger partial charge >= 0.3 is 0 Å². The summed E-state index contributed by atoms with van der Waals surface area (Å²) in [5, 5.41) is 17.8. The Labute approximate surface area is 272 Å². The third kappa shape index (κ3) is 6.32. The number of phenolic OH excluding ortho intramolecular Hbond substituents is 1. The van der Waals surface area contributed by atoms with E-state index in [9.17, 15) is 13.5 Å². The number of pyridine rings is 2. The molecule has 5 aromatic rings. The quantitative estimate of drug-likeness (QED) is 0.130. The molecule has 2 saturated heterocycles. The van der Waals surface area contributed by atoms with Crippen LogP contribution in [0.2, 0.25) is 0 Å². The molecule has 0 saturated carbocycles. The first-order valence-electron chi connectivity index (χ1n) is 15.5. The molecule has 4 N–H and O–H groups in total. The summed E-state index contributed by atoms with van der Waals surface area (Å²) in [7, 11) is -2.14. The summed E-state index contributed by atoms with van der Waals surface area (Å²) >= 11 is 1.22. The standard InChI is InChI=1S/C33H37N7O4S2/c1-44-29-9-8-26-32(38-29)31(25-7-6-24(16-27(25)36-26)46(42,43)20-30-37-28(34)19-45-30)35-23-14-21(17-39-10-2-3-11-39)33(41)22(15-23)18-40-12-4-5-13-40/h6-9,14-16,19,41H,2-5,10-13,17-18,20,34H2,1H3,(H,35,36). The van der Waals surface area contributed by atoms with Crippen molar-refractivity contribution in [1.29, 1.82) is 0 Å². The van der Waals surface area contributed by atoms with E-state index < -0.39 is 9.84 Å². The van der Waals surface area contributed by atoms with Gasteiger partial charge in [-0.3, -0.25) is 9.80 Å². The average Bonchev–Trinajstić information content (AvgIpc) is 3.83. The van der Waals surface area contributed by atoms with E-state index in [0.717, 1.165) is 68.7 Å². The molecule has 0 aliphatic carbocycles. The SMILES string of the molecule is COc1ccc2nc3cc(S(=O)(=O)Cc4nc(N)cs4)ccc3c(Nc3cc(CN4CCCC4)c(O)c(CN4CCCC4)c3)c2n1. The Balaban J connectivity index is 1.33. The Morgan fingerprint density at radius 1 is 0.913 bits per heavy atom. The summed E-state index contributed by atoms with van der Waals surface area (Å²) in [5.41, 5.74) is 10.7. The number of nitrogens with one attached hydrogen (secondary N) is 1. The van der Waals surface area contributed by atoms with E-state index in [1.54, 1.807) is 36.8 Å². The van der Waals surface area contributed by atoms with Crippen LogP contribution in [0.1, 0.15) is 41.8 Å². The predicted octanol–water partition coefficient (Wildman–Crippen LogP) is 5.45. The number of ether oxygens (including phenoxy) is 1. The highest BCUT2D eigenvalue weighted by Crippen LogP contribution is 2.37. The van der Waals surface area contributed by atoms with Gasteiger partial charge in [0.25, 0.3) is 0 Å². The minimum Gasteiger partial charge on any atom is -0.507 e. The Bertz CT molecular complexity index is 1980. The lowest BCUT2D eigenvalue weighted by Crippen LogP contribution is -2.20. The van der Waals surface area contributed by atoms with Crippen LogP contribution in [0, 0.1) is 0 Å². The molecule has 0 unspecified atom stereocenters. The number of nitrogens with zero attached hydrogens (tertiary/aromatic N) is 5. The minimum absolute atomic E-state index is 0.151. The van der Waals surface area contributed by atoms with Crippen molar-refractivity contribution in [3.63, 3.8) is 0 Å². The Morgan fingerprint density at radius 3 is 2.20 bits per heavy atom. The van der Waals surface area contributed by atoms with E-state index in [2.05, 4.69) is 20.1 Å². The van der Waals surface area contributed by atoms with Crippen LogP contribution in [-0.2, 0) is 28.7 Å². The molecular weight excluding hydrogens is 623 g/mol. The van der Waals surface area contributed by atoms with Crippen molar-refractivity contribution in [2.24, 2.45) is 0 Å². The molecule has 0 atom stereocenters. The zero-order valence-corrected chi connectivity index (χ0v) is 27.3. The molecule has 2 aliphatic heterocycles. The Morgan fingerprint density at radius 2 is 1.59 bits per heavy atom. The van der Waals surface area contributed by atoms with Crippen molar-refractivity contribution in [2.75, 3.05) is 44.3 Å². The number of methoxy groups -OCH3 is 1. The number of anilines is 3. The molecule has 2 aromatic carbocycles. The number of hydrogen-bond donors (Lipinski definition) is 3. The monoisotopic (exact) mass is 659 g/mol. The van der Waals surface area contributed by atoms with Gasteiger partial charge in [0.2, 0.25) is 5.88 Å². The van der Waals surface area contributed by atoms with E-state index in [0.29, 0.717) is 63.2 Å². The first kappa shape index (κ1) is 30.6. The van der Waals surface area contributed by atoms with Crippen molar-refractivity contribution in [3.8, 4) is 11.6 Å². The molecule has 7 rings (SSSR count). The third-order valence-electron chi connectivity index (χ3n) is 8.74. The number of nitrogen functional groups attached to an aromatic ring is 1. The molecule has 2 fully saturated rings. The minimum atomic E-state index is -3.71. The van der Waals surface area contributed by atoms with E-state index in [1.807, 2.05) is 18.2 Å². The summed E-state index contributed by atoms with van der Waals surface area (Å²) in [5.74, 6) is 0.853. The fourth-order valence-corrected chi connectivity index (χ4v) is 8.76. The van der Waals surface area contributed by atoms with Gasteiger partial charge in [-0.15, -0.1) is 11.3 Å². The number of phenols is 1. The largest absolute Gasteiger partial charge is 0.507 e. The van der Waals surface area contributed by atoms with Gasteiger partial charge in [-0.05, 0) is 88.3 Å². The number of fused-ring (bicyclic) bond motifs is 2. The summed E-state index contributed by atoms with van der Waals surface area (Å²) in [6.45, 7) is 5.41. The molecule has 5 heterocycles. The van der Waals surface area contributed by atoms with Crippen LogP contribution < -0.4 is 15.8 Å². The van der Waals surface area contributed by atoms with Gasteiger partial charge in [-0.1, -0.05) is 0 Å². The van der Waals surface area contributed by atoms with E-state index in [1.165, 1.54) is 11.3 Å². The van der Waals surface area contributed by atoms with Gasteiger partial charge in [-0.25, -0.2) is 23.4 Å². The van der Waals surface area contributed by atoms with E-state index in [4.69, 9.17) is 20.4 Å². The van der Waals surface area contributed by atoms with Crippen LogP contribution in [0.3, 0.4) is 0 Å². The smallest absolute Gasteiger partial charge is 0.213 e. The normalized spacial score (nSPS) is 16.1. The van der Waals surface area contributed by atoms with Gasteiger partial charge in [0.15, 0.2) is 9.84 Å². The third-order valence-corrected chi connectivity index (χ3v) is 11.4. The molecule has 0 bridgehead atoms.